The molecule has 4 nitrogen and oxygen atoms in total. The fraction of sp³-hybridized carbons (Fsp3) is 0.0345. The quantitative estimate of drug-likeness (QED) is 0.161. The maximum absolute atomic E-state index is 5.43. The Morgan fingerprint density at radius 1 is 0.387 bits per heavy atom. The SMILES string of the molecule is C1=CC(c2cc(-c3ccc(-c4ccccc4)cc3)nc(-n3c4ccccc4c4cc(-c5ccc6c7ccccc7n(-c7ccccc7)c6c5)ccc43)n2)CC=C1c1ccccc1. The Morgan fingerprint density at radius 3 is 1.66 bits per heavy atom. The first-order valence-electron chi connectivity index (χ1n) is 21.3. The Labute approximate surface area is 360 Å². The van der Waals surface area contributed by atoms with Crippen molar-refractivity contribution in [1.82, 2.24) is 19.1 Å². The van der Waals surface area contributed by atoms with Gasteiger partial charge in [-0.3, -0.25) is 4.57 Å². The van der Waals surface area contributed by atoms with Gasteiger partial charge in [-0.25, -0.2) is 9.97 Å². The molecule has 11 aromatic rings. The Hall–Kier alpha value is -8.08. The summed E-state index contributed by atoms with van der Waals surface area (Å²) in [4.78, 5) is 10.8. The fourth-order valence-corrected chi connectivity index (χ4v) is 9.41. The van der Waals surface area contributed by atoms with Gasteiger partial charge in [0.2, 0.25) is 5.95 Å². The van der Waals surface area contributed by atoms with E-state index in [-0.39, 0.29) is 5.92 Å². The van der Waals surface area contributed by atoms with Crippen molar-refractivity contribution < 1.29 is 0 Å². The van der Waals surface area contributed by atoms with Gasteiger partial charge in [-0.2, -0.15) is 0 Å². The molecule has 12 rings (SSSR count). The summed E-state index contributed by atoms with van der Waals surface area (Å²) in [6.45, 7) is 0. The number of rotatable bonds is 7. The highest BCUT2D eigenvalue weighted by Crippen LogP contribution is 2.39. The maximum atomic E-state index is 5.43. The van der Waals surface area contributed by atoms with Crippen LogP contribution in [0.3, 0.4) is 0 Å². The van der Waals surface area contributed by atoms with Crippen molar-refractivity contribution in [3.05, 3.63) is 236 Å². The van der Waals surface area contributed by atoms with E-state index < -0.39 is 0 Å². The van der Waals surface area contributed by atoms with Crippen molar-refractivity contribution in [3.63, 3.8) is 0 Å². The molecule has 0 fully saturated rings. The minimum absolute atomic E-state index is 0.104. The van der Waals surface area contributed by atoms with E-state index in [2.05, 4.69) is 234 Å². The average Bonchev–Trinajstić information content (AvgIpc) is 3.87. The van der Waals surface area contributed by atoms with Gasteiger partial charge in [0.05, 0.1) is 33.5 Å². The zero-order chi connectivity index (χ0) is 41.0. The molecule has 0 amide bonds. The van der Waals surface area contributed by atoms with Crippen LogP contribution in [0.25, 0.3) is 94.3 Å². The van der Waals surface area contributed by atoms with E-state index in [1.54, 1.807) is 0 Å². The molecule has 1 aliphatic rings. The molecule has 8 aromatic carbocycles. The number of para-hydroxylation sites is 3. The summed E-state index contributed by atoms with van der Waals surface area (Å²) < 4.78 is 4.64. The van der Waals surface area contributed by atoms with E-state index >= 15 is 0 Å². The van der Waals surface area contributed by atoms with E-state index in [4.69, 9.17) is 9.97 Å². The molecule has 0 saturated carbocycles. The lowest BCUT2D eigenvalue weighted by Gasteiger charge is -2.18. The number of allylic oxidation sites excluding steroid dienone is 4. The second kappa shape index (κ2) is 14.9. The highest BCUT2D eigenvalue weighted by atomic mass is 15.2. The summed E-state index contributed by atoms with van der Waals surface area (Å²) in [7, 11) is 0. The molecule has 62 heavy (non-hydrogen) atoms. The van der Waals surface area contributed by atoms with E-state index in [0.29, 0.717) is 5.95 Å². The summed E-state index contributed by atoms with van der Waals surface area (Å²) in [5.74, 6) is 0.774. The van der Waals surface area contributed by atoms with Crippen LogP contribution >= 0.6 is 0 Å². The van der Waals surface area contributed by atoms with E-state index in [0.717, 1.165) is 51.0 Å². The van der Waals surface area contributed by atoms with Crippen LogP contribution in [0.2, 0.25) is 0 Å². The summed E-state index contributed by atoms with van der Waals surface area (Å²) in [5, 5.41) is 4.83. The Balaban J connectivity index is 1.000. The van der Waals surface area contributed by atoms with E-state index in [1.165, 1.54) is 55.0 Å². The molecule has 1 atom stereocenters. The minimum atomic E-state index is 0.104. The number of fused-ring (bicyclic) bond motifs is 6. The van der Waals surface area contributed by atoms with Crippen LogP contribution in [0.15, 0.2) is 224 Å². The summed E-state index contributed by atoms with van der Waals surface area (Å²) in [6.07, 6.45) is 7.75. The number of benzene rings is 8. The molecular weight excluding hydrogens is 753 g/mol. The Morgan fingerprint density at radius 2 is 0.935 bits per heavy atom. The normalized spacial score (nSPS) is 13.9. The van der Waals surface area contributed by atoms with Gasteiger partial charge in [0.15, 0.2) is 0 Å². The van der Waals surface area contributed by atoms with E-state index in [1.807, 2.05) is 0 Å². The van der Waals surface area contributed by atoms with Crippen molar-refractivity contribution in [2.75, 3.05) is 0 Å². The van der Waals surface area contributed by atoms with Crippen LogP contribution in [0.5, 0.6) is 0 Å². The topological polar surface area (TPSA) is 35.6 Å². The lowest BCUT2D eigenvalue weighted by atomic mass is 9.90. The van der Waals surface area contributed by atoms with Gasteiger partial charge in [0, 0.05) is 38.7 Å². The third kappa shape index (κ3) is 6.15. The third-order valence-corrected chi connectivity index (χ3v) is 12.5. The predicted molar refractivity (Wildman–Crippen MR) is 258 cm³/mol. The van der Waals surface area contributed by atoms with Crippen molar-refractivity contribution in [3.8, 4) is 45.1 Å². The molecule has 0 spiro atoms. The van der Waals surface area contributed by atoms with Gasteiger partial charge in [-0.15, -0.1) is 0 Å². The molecule has 0 aliphatic heterocycles. The van der Waals surface area contributed by atoms with Gasteiger partial charge >= 0.3 is 0 Å². The van der Waals surface area contributed by atoms with Crippen LogP contribution in [0, 0.1) is 0 Å². The fourth-order valence-electron chi connectivity index (χ4n) is 9.41. The number of aromatic nitrogens is 4. The Bertz CT molecular complexity index is 3520. The lowest BCUT2D eigenvalue weighted by molar-refractivity contribution is 0.799. The van der Waals surface area contributed by atoms with Gasteiger partial charge in [0.25, 0.3) is 0 Å². The minimum Gasteiger partial charge on any atom is -0.309 e. The molecular formula is C58H40N4. The largest absolute Gasteiger partial charge is 0.309 e. The first-order chi connectivity index (χ1) is 30.7. The van der Waals surface area contributed by atoms with Gasteiger partial charge in [0.1, 0.15) is 0 Å². The molecule has 4 heteroatoms. The molecule has 0 N–H and O–H groups in total. The molecule has 0 saturated heterocycles. The first-order valence-corrected chi connectivity index (χ1v) is 21.3. The number of hydrogen-bond acceptors (Lipinski definition) is 2. The second-order valence-electron chi connectivity index (χ2n) is 16.2. The number of hydrogen-bond donors (Lipinski definition) is 0. The van der Waals surface area contributed by atoms with Gasteiger partial charge < -0.3 is 4.57 Å². The smallest absolute Gasteiger partial charge is 0.235 e. The van der Waals surface area contributed by atoms with Crippen LogP contribution in [0.4, 0.5) is 0 Å². The van der Waals surface area contributed by atoms with Crippen LogP contribution in [-0.4, -0.2) is 19.1 Å². The van der Waals surface area contributed by atoms with Gasteiger partial charge in [-0.1, -0.05) is 176 Å². The predicted octanol–water partition coefficient (Wildman–Crippen LogP) is 14.8. The molecule has 3 heterocycles. The molecule has 3 aromatic heterocycles. The summed E-state index contributed by atoms with van der Waals surface area (Å²) in [6, 6.07) is 73.9. The van der Waals surface area contributed by atoms with Crippen LogP contribution in [-0.2, 0) is 0 Å². The van der Waals surface area contributed by atoms with Gasteiger partial charge in [-0.05, 0) is 88.3 Å². The zero-order valence-electron chi connectivity index (χ0n) is 33.9. The molecule has 0 radical (unpaired) electrons. The monoisotopic (exact) mass is 792 g/mol. The van der Waals surface area contributed by atoms with Crippen molar-refractivity contribution >= 4 is 49.2 Å². The van der Waals surface area contributed by atoms with Crippen molar-refractivity contribution in [1.29, 1.82) is 0 Å². The number of nitrogens with zero attached hydrogens (tertiary/aromatic N) is 4. The maximum Gasteiger partial charge on any atom is 0.235 e. The zero-order valence-corrected chi connectivity index (χ0v) is 33.9. The highest BCUT2D eigenvalue weighted by molar-refractivity contribution is 6.12. The lowest BCUT2D eigenvalue weighted by Crippen LogP contribution is -2.08. The first kappa shape index (κ1) is 35.8. The average molecular weight is 793 g/mol. The van der Waals surface area contributed by atoms with Crippen molar-refractivity contribution in [2.45, 2.75) is 12.3 Å². The Kier molecular flexibility index (Phi) is 8.60. The second-order valence-corrected chi connectivity index (χ2v) is 16.2. The van der Waals surface area contributed by atoms with Crippen LogP contribution in [0.1, 0.15) is 23.6 Å². The van der Waals surface area contributed by atoms with E-state index in [9.17, 15) is 0 Å². The molecule has 0 bridgehead atoms. The van der Waals surface area contributed by atoms with Crippen LogP contribution < -0.4 is 0 Å². The molecule has 292 valence electrons. The molecule has 1 unspecified atom stereocenters. The highest BCUT2D eigenvalue weighted by Gasteiger charge is 2.21. The summed E-state index contributed by atoms with van der Waals surface area (Å²) >= 11 is 0. The van der Waals surface area contributed by atoms with Crippen molar-refractivity contribution in [2.24, 2.45) is 0 Å². The molecule has 1 aliphatic carbocycles. The standard InChI is InChI=1S/C58H40N4/c1-4-14-39(15-5-1)41-24-28-43(29-25-41)52-38-53(44-30-26-42(27-31-44)40-16-6-2-7-17-40)60-58(59-52)62-55-23-13-11-21-49(55)51-36-45(33-35-56(51)62)46-32-34-50-48-20-10-12-22-54(48)61(57(50)37-46)47-18-8-3-9-19-47/h1-30,32-38,44H,31H2. The third-order valence-electron chi connectivity index (χ3n) is 12.5. The summed E-state index contributed by atoms with van der Waals surface area (Å²) in [5.41, 5.74) is 15.8.